The van der Waals surface area contributed by atoms with Crippen molar-refractivity contribution >= 4 is 29.9 Å². The second-order valence-corrected chi connectivity index (χ2v) is 7.46. The number of nitrogens with one attached hydrogen (secondary N) is 1. The van der Waals surface area contributed by atoms with Crippen LogP contribution in [-0.2, 0) is 20.1 Å². The molecular weight excluding hydrogens is 493 g/mol. The van der Waals surface area contributed by atoms with E-state index in [4.69, 9.17) is 9.47 Å². The van der Waals surface area contributed by atoms with Gasteiger partial charge < -0.3 is 19.7 Å². The van der Waals surface area contributed by atoms with Gasteiger partial charge in [0.1, 0.15) is 0 Å². The first-order chi connectivity index (χ1) is 13.9. The highest BCUT2D eigenvalue weighted by Crippen LogP contribution is 2.28. The Hall–Kier alpha value is -1.97. The minimum atomic E-state index is 0. The SMILES string of the molecule is CCCOc1ccc(CNC(=NC)N(C)Cc2cn(C)nc2C(C)C)cc1OC.I. The molecule has 168 valence electrons. The average molecular weight is 529 g/mol. The molecule has 8 heteroatoms. The monoisotopic (exact) mass is 529 g/mol. The zero-order chi connectivity index (χ0) is 21.4. The number of aliphatic imine (C=N–C) groups is 1. The van der Waals surface area contributed by atoms with E-state index < -0.39 is 0 Å². The average Bonchev–Trinajstić information content (AvgIpc) is 3.07. The standard InChI is InChI=1S/C22H35N5O2.HI/c1-8-11-29-19-10-9-17(12-20(19)28-7)13-24-22(23-4)26(5)14-18-15-27(6)25-21(18)16(2)3;/h9-10,12,15-16H,8,11,13-14H2,1-7H3,(H,23,24);1H. The van der Waals surface area contributed by atoms with E-state index in [0.717, 1.165) is 41.7 Å². The van der Waals surface area contributed by atoms with Gasteiger partial charge >= 0.3 is 0 Å². The van der Waals surface area contributed by atoms with E-state index in [1.807, 2.05) is 37.0 Å². The molecule has 1 N–H and O–H groups in total. The highest BCUT2D eigenvalue weighted by Gasteiger charge is 2.15. The molecule has 1 heterocycles. The van der Waals surface area contributed by atoms with Gasteiger partial charge in [0.15, 0.2) is 17.5 Å². The molecule has 1 aromatic carbocycles. The summed E-state index contributed by atoms with van der Waals surface area (Å²) in [4.78, 5) is 6.54. The van der Waals surface area contributed by atoms with Crippen molar-refractivity contribution in [3.8, 4) is 11.5 Å². The van der Waals surface area contributed by atoms with Crippen molar-refractivity contribution in [2.45, 2.75) is 46.2 Å². The zero-order valence-electron chi connectivity index (χ0n) is 19.2. The summed E-state index contributed by atoms with van der Waals surface area (Å²) in [5, 5.41) is 8.02. The Morgan fingerprint density at radius 3 is 2.63 bits per heavy atom. The number of methoxy groups -OCH3 is 1. The molecule has 2 aromatic rings. The second kappa shape index (κ2) is 12.7. The summed E-state index contributed by atoms with van der Waals surface area (Å²) < 4.78 is 13.1. The van der Waals surface area contributed by atoms with Crippen LogP contribution in [0.2, 0.25) is 0 Å². The van der Waals surface area contributed by atoms with Crippen molar-refractivity contribution in [3.05, 3.63) is 41.2 Å². The minimum Gasteiger partial charge on any atom is -0.493 e. The summed E-state index contributed by atoms with van der Waals surface area (Å²) >= 11 is 0. The molecule has 0 fully saturated rings. The van der Waals surface area contributed by atoms with Crippen molar-refractivity contribution in [2.75, 3.05) is 27.8 Å². The Bertz CT molecular complexity index is 820. The number of aromatic nitrogens is 2. The summed E-state index contributed by atoms with van der Waals surface area (Å²) in [5.74, 6) is 2.74. The predicted molar refractivity (Wildman–Crippen MR) is 133 cm³/mol. The molecule has 1 aromatic heterocycles. The van der Waals surface area contributed by atoms with Crippen LogP contribution in [0.3, 0.4) is 0 Å². The van der Waals surface area contributed by atoms with Crippen LogP contribution in [0.1, 0.15) is 49.9 Å². The van der Waals surface area contributed by atoms with Gasteiger partial charge in [-0.1, -0.05) is 26.8 Å². The van der Waals surface area contributed by atoms with Crippen LogP contribution in [0.5, 0.6) is 11.5 Å². The van der Waals surface area contributed by atoms with Crippen molar-refractivity contribution in [3.63, 3.8) is 0 Å². The zero-order valence-corrected chi connectivity index (χ0v) is 21.6. The fraction of sp³-hybridized carbons (Fsp3) is 0.545. The van der Waals surface area contributed by atoms with Crippen LogP contribution < -0.4 is 14.8 Å². The predicted octanol–water partition coefficient (Wildman–Crippen LogP) is 4.17. The number of aryl methyl sites for hydroxylation is 1. The molecule has 0 saturated heterocycles. The lowest BCUT2D eigenvalue weighted by Gasteiger charge is -2.22. The third-order valence-corrected chi connectivity index (χ3v) is 4.61. The molecule has 0 saturated carbocycles. The number of halogens is 1. The molecule has 0 amide bonds. The fourth-order valence-corrected chi connectivity index (χ4v) is 3.21. The molecule has 30 heavy (non-hydrogen) atoms. The quantitative estimate of drug-likeness (QED) is 0.300. The Balaban J connectivity index is 0.00000450. The van der Waals surface area contributed by atoms with Gasteiger partial charge in [-0.15, -0.1) is 24.0 Å². The van der Waals surface area contributed by atoms with Gasteiger partial charge in [0.25, 0.3) is 0 Å². The largest absolute Gasteiger partial charge is 0.493 e. The molecular formula is C22H36IN5O2. The van der Waals surface area contributed by atoms with Crippen molar-refractivity contribution in [1.29, 1.82) is 0 Å². The van der Waals surface area contributed by atoms with Gasteiger partial charge in [0.2, 0.25) is 0 Å². The Morgan fingerprint density at radius 2 is 2.03 bits per heavy atom. The van der Waals surface area contributed by atoms with E-state index in [-0.39, 0.29) is 24.0 Å². The number of hydrogen-bond acceptors (Lipinski definition) is 4. The van der Waals surface area contributed by atoms with Gasteiger partial charge in [0, 0.05) is 46.0 Å². The molecule has 0 atom stereocenters. The van der Waals surface area contributed by atoms with E-state index in [1.54, 1.807) is 14.2 Å². The van der Waals surface area contributed by atoms with Gasteiger partial charge in [-0.25, -0.2) is 0 Å². The molecule has 0 spiro atoms. The molecule has 0 aliphatic rings. The number of ether oxygens (including phenoxy) is 2. The Kier molecular flexibility index (Phi) is 11.0. The molecule has 2 rings (SSSR count). The van der Waals surface area contributed by atoms with E-state index >= 15 is 0 Å². The summed E-state index contributed by atoms with van der Waals surface area (Å²) in [6.45, 7) is 8.49. The molecule has 0 radical (unpaired) electrons. The normalized spacial score (nSPS) is 11.3. The first-order valence-corrected chi connectivity index (χ1v) is 10.1. The van der Waals surface area contributed by atoms with E-state index in [2.05, 4.69) is 47.3 Å². The van der Waals surface area contributed by atoms with Gasteiger partial charge in [-0.05, 0) is 30.0 Å². The maximum absolute atomic E-state index is 5.73. The van der Waals surface area contributed by atoms with Gasteiger partial charge in [-0.3, -0.25) is 9.67 Å². The lowest BCUT2D eigenvalue weighted by atomic mass is 10.1. The van der Waals surface area contributed by atoms with Crippen LogP contribution in [0.25, 0.3) is 0 Å². The van der Waals surface area contributed by atoms with E-state index in [0.29, 0.717) is 19.1 Å². The minimum absolute atomic E-state index is 0. The third-order valence-electron chi connectivity index (χ3n) is 4.61. The molecule has 0 bridgehead atoms. The molecule has 7 nitrogen and oxygen atoms in total. The van der Waals surface area contributed by atoms with Crippen molar-refractivity contribution in [1.82, 2.24) is 20.0 Å². The summed E-state index contributed by atoms with van der Waals surface area (Å²) in [7, 11) is 7.46. The number of hydrogen-bond donors (Lipinski definition) is 1. The van der Waals surface area contributed by atoms with Crippen LogP contribution >= 0.6 is 24.0 Å². The van der Waals surface area contributed by atoms with Crippen molar-refractivity contribution < 1.29 is 9.47 Å². The molecule has 0 aliphatic carbocycles. The van der Waals surface area contributed by atoms with Crippen molar-refractivity contribution in [2.24, 2.45) is 12.0 Å². The van der Waals surface area contributed by atoms with E-state index in [1.165, 1.54) is 5.56 Å². The first-order valence-electron chi connectivity index (χ1n) is 10.1. The number of guanidine groups is 1. The Labute approximate surface area is 197 Å². The smallest absolute Gasteiger partial charge is 0.193 e. The highest BCUT2D eigenvalue weighted by molar-refractivity contribution is 14.0. The topological polar surface area (TPSA) is 63.9 Å². The summed E-state index contributed by atoms with van der Waals surface area (Å²) in [6, 6.07) is 6.01. The van der Waals surface area contributed by atoms with E-state index in [9.17, 15) is 0 Å². The number of rotatable bonds is 9. The summed E-state index contributed by atoms with van der Waals surface area (Å²) in [5.41, 5.74) is 3.44. The Morgan fingerprint density at radius 1 is 1.30 bits per heavy atom. The lowest BCUT2D eigenvalue weighted by molar-refractivity contribution is 0.294. The first kappa shape index (κ1) is 26.1. The van der Waals surface area contributed by atoms with Crippen LogP contribution in [0, 0.1) is 0 Å². The lowest BCUT2D eigenvalue weighted by Crippen LogP contribution is -2.38. The summed E-state index contributed by atoms with van der Waals surface area (Å²) in [6.07, 6.45) is 3.05. The molecule has 0 aliphatic heterocycles. The fourth-order valence-electron chi connectivity index (χ4n) is 3.21. The van der Waals surface area contributed by atoms with Crippen LogP contribution in [0.15, 0.2) is 29.4 Å². The highest BCUT2D eigenvalue weighted by atomic mass is 127. The second-order valence-electron chi connectivity index (χ2n) is 7.46. The van der Waals surface area contributed by atoms with Crippen LogP contribution in [0.4, 0.5) is 0 Å². The number of nitrogens with zero attached hydrogens (tertiary/aromatic N) is 4. The molecule has 0 unspecified atom stereocenters. The number of benzene rings is 1. The van der Waals surface area contributed by atoms with Gasteiger partial charge in [0.05, 0.1) is 19.4 Å². The maximum Gasteiger partial charge on any atom is 0.193 e. The van der Waals surface area contributed by atoms with Gasteiger partial charge in [-0.2, -0.15) is 5.10 Å². The maximum atomic E-state index is 5.73. The third kappa shape index (κ3) is 7.07. The van der Waals surface area contributed by atoms with Crippen LogP contribution in [-0.4, -0.2) is 48.5 Å².